The molecule has 1 aliphatic heterocycles. The fourth-order valence-corrected chi connectivity index (χ4v) is 7.19. The number of ether oxygens (including phenoxy) is 2. The van der Waals surface area contributed by atoms with Crippen molar-refractivity contribution >= 4 is 14.3 Å². The summed E-state index contributed by atoms with van der Waals surface area (Å²) in [6.07, 6.45) is 17.2. The summed E-state index contributed by atoms with van der Waals surface area (Å²) in [4.78, 5) is 11.9. The highest BCUT2D eigenvalue weighted by molar-refractivity contribution is 6.74. The molecule has 6 nitrogen and oxygen atoms in total. The quantitative estimate of drug-likeness (QED) is 0.104. The number of carboxylic acids is 1. The van der Waals surface area contributed by atoms with E-state index in [2.05, 4.69) is 59.9 Å². The molecule has 3 unspecified atom stereocenters. The maximum absolute atomic E-state index is 11.9. The summed E-state index contributed by atoms with van der Waals surface area (Å²) in [5.41, 5.74) is -0.261. The summed E-state index contributed by atoms with van der Waals surface area (Å²) in [5.74, 6) is -0.599. The number of aliphatic hydroxyl groups excluding tert-OH is 1. The highest BCUT2D eigenvalue weighted by Gasteiger charge is 2.51. The lowest BCUT2D eigenvalue weighted by Crippen LogP contribution is -2.46. The van der Waals surface area contributed by atoms with Crippen molar-refractivity contribution < 1.29 is 28.9 Å². The molecule has 0 aromatic rings. The molecule has 228 valence electrons. The Labute approximate surface area is 240 Å². The Morgan fingerprint density at radius 2 is 1.82 bits per heavy atom. The third kappa shape index (κ3) is 10.6. The van der Waals surface area contributed by atoms with Crippen LogP contribution in [0.2, 0.25) is 18.1 Å². The summed E-state index contributed by atoms with van der Waals surface area (Å²) in [6.45, 7) is 15.8. The molecule has 2 rings (SSSR count). The van der Waals surface area contributed by atoms with Crippen LogP contribution in [0.1, 0.15) is 125 Å². The molecule has 7 heteroatoms. The highest BCUT2D eigenvalue weighted by Crippen LogP contribution is 2.50. The van der Waals surface area contributed by atoms with Gasteiger partial charge >= 0.3 is 5.97 Å². The van der Waals surface area contributed by atoms with Crippen LogP contribution in [0.5, 0.6) is 0 Å². The molecule has 6 atom stereocenters. The second-order valence-corrected chi connectivity index (χ2v) is 18.6. The van der Waals surface area contributed by atoms with Gasteiger partial charge in [-0.25, -0.2) is 4.79 Å². The van der Waals surface area contributed by atoms with E-state index in [1.807, 2.05) is 0 Å². The predicted octanol–water partition coefficient (Wildman–Crippen LogP) is 8.24. The van der Waals surface area contributed by atoms with E-state index < -0.39 is 26.5 Å². The van der Waals surface area contributed by atoms with Gasteiger partial charge in [-0.1, -0.05) is 85.3 Å². The largest absolute Gasteiger partial charge is 0.479 e. The fraction of sp³-hybridized carbons (Fsp3) is 0.906. The zero-order valence-corrected chi connectivity index (χ0v) is 27.2. The fourth-order valence-electron chi connectivity index (χ4n) is 5.90. The molecule has 39 heavy (non-hydrogen) atoms. The Morgan fingerprint density at radius 1 is 1.13 bits per heavy atom. The number of carbonyl (C=O) groups is 1. The average molecular weight is 569 g/mol. The zero-order chi connectivity index (χ0) is 29.1. The molecule has 2 fully saturated rings. The van der Waals surface area contributed by atoms with E-state index in [9.17, 15) is 15.0 Å². The molecule has 0 aromatic carbocycles. The monoisotopic (exact) mass is 568 g/mol. The molecular weight excluding hydrogens is 508 g/mol. The van der Waals surface area contributed by atoms with E-state index in [-0.39, 0.29) is 28.8 Å². The number of hydrogen-bond acceptors (Lipinski definition) is 5. The lowest BCUT2D eigenvalue weighted by Gasteiger charge is -2.38. The number of hydrogen-bond donors (Lipinski definition) is 2. The van der Waals surface area contributed by atoms with Crippen molar-refractivity contribution in [1.82, 2.24) is 0 Å². The number of allylic oxidation sites excluding steroid dienone is 2. The third-order valence-electron chi connectivity index (χ3n) is 9.68. The van der Waals surface area contributed by atoms with E-state index in [0.717, 1.165) is 45.1 Å². The Balaban J connectivity index is 2.00. The topological polar surface area (TPSA) is 85.2 Å². The van der Waals surface area contributed by atoms with E-state index in [0.29, 0.717) is 19.3 Å². The molecular formula is C32H60O6Si. The maximum atomic E-state index is 11.9. The van der Waals surface area contributed by atoms with Gasteiger partial charge in [0.25, 0.3) is 0 Å². The van der Waals surface area contributed by atoms with Gasteiger partial charge in [0, 0.05) is 18.4 Å². The Morgan fingerprint density at radius 3 is 2.44 bits per heavy atom. The van der Waals surface area contributed by atoms with Crippen molar-refractivity contribution in [3.05, 3.63) is 12.2 Å². The average Bonchev–Trinajstić information content (AvgIpc) is 3.09. The van der Waals surface area contributed by atoms with Gasteiger partial charge in [-0.2, -0.15) is 0 Å². The van der Waals surface area contributed by atoms with E-state index >= 15 is 0 Å². The van der Waals surface area contributed by atoms with Gasteiger partial charge in [-0.05, 0) is 69.0 Å². The van der Waals surface area contributed by atoms with Gasteiger partial charge in [0.15, 0.2) is 14.6 Å². The van der Waals surface area contributed by atoms with Gasteiger partial charge in [0.05, 0.1) is 12.2 Å². The predicted molar refractivity (Wildman–Crippen MR) is 161 cm³/mol. The number of carboxylic acid groups (broad SMARTS) is 1. The van der Waals surface area contributed by atoms with Gasteiger partial charge in [-0.3, -0.25) is 0 Å². The van der Waals surface area contributed by atoms with Crippen LogP contribution in [0, 0.1) is 11.3 Å². The highest BCUT2D eigenvalue weighted by atomic mass is 28.4. The van der Waals surface area contributed by atoms with Crippen LogP contribution in [0.4, 0.5) is 0 Å². The molecule has 0 amide bonds. The van der Waals surface area contributed by atoms with Gasteiger partial charge in [0.1, 0.15) is 6.10 Å². The summed E-state index contributed by atoms with van der Waals surface area (Å²) in [7, 11) is -2.16. The minimum absolute atomic E-state index is 0.0199. The van der Waals surface area contributed by atoms with Crippen LogP contribution in [-0.2, 0) is 18.7 Å². The first-order valence-corrected chi connectivity index (χ1v) is 18.7. The van der Waals surface area contributed by atoms with Crippen LogP contribution in [-0.4, -0.2) is 55.7 Å². The minimum atomic E-state index is -2.16. The number of aliphatic carboxylic acids is 1. The normalized spacial score (nSPS) is 29.2. The molecule has 1 aliphatic carbocycles. The van der Waals surface area contributed by atoms with Crippen molar-refractivity contribution in [2.75, 3.05) is 6.61 Å². The van der Waals surface area contributed by atoms with Crippen LogP contribution in [0.3, 0.4) is 0 Å². The van der Waals surface area contributed by atoms with E-state index in [4.69, 9.17) is 13.9 Å². The Hall–Kier alpha value is -0.733. The van der Waals surface area contributed by atoms with Gasteiger partial charge in [-0.15, -0.1) is 0 Å². The van der Waals surface area contributed by atoms with Crippen molar-refractivity contribution in [3.8, 4) is 0 Å². The summed E-state index contributed by atoms with van der Waals surface area (Å²) < 4.78 is 18.6. The first-order chi connectivity index (χ1) is 18.3. The smallest absolute Gasteiger partial charge is 0.331 e. The molecule has 0 spiro atoms. The summed E-state index contributed by atoms with van der Waals surface area (Å²) in [6, 6.07) is 0. The SMILES string of the molecule is CCCCCCCC[C@H]1C(OC2CCCCO2)C[C@H](O)[C@]1(C)CC=CCCC(O[Si](C)(C)C(C)(C)C)C(=O)O. The molecule has 2 aliphatic rings. The molecule has 1 saturated heterocycles. The first-order valence-electron chi connectivity index (χ1n) is 15.8. The summed E-state index contributed by atoms with van der Waals surface area (Å²) in [5, 5.41) is 21.0. The van der Waals surface area contributed by atoms with Crippen LogP contribution >= 0.6 is 0 Å². The standard InChI is InChI=1S/C32H60O6Si/c1-8-9-10-11-12-14-19-25-27(37-29-21-16-18-23-36-29)24-28(33)32(25,5)22-17-13-15-20-26(30(34)35)38-39(6,7)31(2,3)4/h13,17,25-29,33H,8-12,14-16,18-24H2,1-7H3,(H,34,35)/t25-,26?,27?,28-,29?,32+/m0/s1. The Kier molecular flexibility index (Phi) is 14.2. The third-order valence-corrected chi connectivity index (χ3v) is 14.2. The lowest BCUT2D eigenvalue weighted by atomic mass is 9.72. The second-order valence-electron chi connectivity index (χ2n) is 13.8. The minimum Gasteiger partial charge on any atom is -0.479 e. The number of rotatable bonds is 17. The molecule has 0 radical (unpaired) electrons. The molecule has 0 bridgehead atoms. The van der Waals surface area contributed by atoms with Gasteiger partial charge < -0.3 is 24.1 Å². The lowest BCUT2D eigenvalue weighted by molar-refractivity contribution is -0.198. The van der Waals surface area contributed by atoms with Crippen molar-refractivity contribution in [2.45, 2.75) is 167 Å². The van der Waals surface area contributed by atoms with Crippen molar-refractivity contribution in [2.24, 2.45) is 11.3 Å². The van der Waals surface area contributed by atoms with Gasteiger partial charge in [0.2, 0.25) is 0 Å². The van der Waals surface area contributed by atoms with Crippen LogP contribution in [0.15, 0.2) is 12.2 Å². The summed E-state index contributed by atoms with van der Waals surface area (Å²) >= 11 is 0. The molecule has 2 N–H and O–H groups in total. The maximum Gasteiger partial charge on any atom is 0.331 e. The number of unbranched alkanes of at least 4 members (excludes halogenated alkanes) is 5. The van der Waals surface area contributed by atoms with E-state index in [1.165, 1.54) is 32.1 Å². The molecule has 0 aromatic heterocycles. The molecule has 1 saturated carbocycles. The molecule has 1 heterocycles. The van der Waals surface area contributed by atoms with Crippen molar-refractivity contribution in [3.63, 3.8) is 0 Å². The van der Waals surface area contributed by atoms with E-state index in [1.54, 1.807) is 0 Å². The zero-order valence-electron chi connectivity index (χ0n) is 26.2. The first kappa shape index (κ1) is 34.5. The number of aliphatic hydroxyl groups is 1. The van der Waals surface area contributed by atoms with Crippen molar-refractivity contribution in [1.29, 1.82) is 0 Å². The second kappa shape index (κ2) is 16.0. The van der Waals surface area contributed by atoms with Crippen LogP contribution in [0.25, 0.3) is 0 Å². The van der Waals surface area contributed by atoms with Crippen LogP contribution < -0.4 is 0 Å². The Bertz CT molecular complexity index is 741.